The monoisotopic (exact) mass is 594 g/mol. The third-order valence-electron chi connectivity index (χ3n) is 8.39. The molecule has 0 bridgehead atoms. The largest absolute Gasteiger partial charge is 0.467 e. The van der Waals surface area contributed by atoms with Crippen LogP contribution in [-0.4, -0.2) is 64.6 Å². The van der Waals surface area contributed by atoms with Crippen LogP contribution in [0.15, 0.2) is 42.8 Å². The summed E-state index contributed by atoms with van der Waals surface area (Å²) in [4.78, 5) is 48.0. The van der Waals surface area contributed by atoms with Gasteiger partial charge in [0.15, 0.2) is 5.13 Å². The fourth-order valence-corrected chi connectivity index (χ4v) is 6.52. The molecule has 0 spiro atoms. The fraction of sp³-hybridized carbons (Fsp3) is 0.500. The number of ether oxygens (including phenoxy) is 2. The lowest BCUT2D eigenvalue weighted by Gasteiger charge is -2.30. The van der Waals surface area contributed by atoms with Crippen LogP contribution in [0.4, 0.5) is 9.93 Å². The topological polar surface area (TPSA) is 101 Å². The Labute approximate surface area is 252 Å². The second-order valence-corrected chi connectivity index (χ2v) is 12.6. The van der Waals surface area contributed by atoms with E-state index in [0.29, 0.717) is 18.2 Å². The van der Waals surface area contributed by atoms with Gasteiger partial charge in [0, 0.05) is 23.8 Å². The van der Waals surface area contributed by atoms with E-state index in [4.69, 9.17) is 14.5 Å². The maximum absolute atomic E-state index is 14.1. The number of hydrogen-bond acceptors (Lipinski definition) is 8. The van der Waals surface area contributed by atoms with Gasteiger partial charge in [0.25, 0.3) is 0 Å². The molecule has 226 valence electrons. The Bertz CT molecular complexity index is 1340. The predicted octanol–water partition coefficient (Wildman–Crippen LogP) is 5.76. The van der Waals surface area contributed by atoms with Crippen LogP contribution in [0.1, 0.15) is 69.3 Å². The zero-order valence-corrected chi connectivity index (χ0v) is 26.0. The quantitative estimate of drug-likeness (QED) is 0.261. The summed E-state index contributed by atoms with van der Waals surface area (Å²) in [7, 11) is 1.30. The molecule has 4 atom stereocenters. The summed E-state index contributed by atoms with van der Waals surface area (Å²) in [5.74, 6) is -0.825. The van der Waals surface area contributed by atoms with Crippen molar-refractivity contribution in [3.8, 4) is 0 Å². The van der Waals surface area contributed by atoms with Crippen LogP contribution in [0.3, 0.4) is 0 Å². The second kappa shape index (κ2) is 13.1. The van der Waals surface area contributed by atoms with Gasteiger partial charge in [-0.15, -0.1) is 17.9 Å². The van der Waals surface area contributed by atoms with Crippen molar-refractivity contribution in [1.29, 1.82) is 0 Å². The molecule has 0 unspecified atom stereocenters. The smallest absolute Gasteiger partial charge is 0.410 e. The number of carbonyl (C=O) groups is 3. The SMILES string of the molecule is C=CCC(C)(C)c1csc(N[C@H](C(=O)N2C[C@H](OC(=O)N3Cc4cccc(C=C)c4C3)C[C@H]2C(=O)OC)[C@@H](C)CC)n1. The summed E-state index contributed by atoms with van der Waals surface area (Å²) in [5, 5.41) is 6.00. The van der Waals surface area contributed by atoms with Crippen molar-refractivity contribution in [2.45, 2.75) is 83.6 Å². The molecule has 4 rings (SSSR count). The number of rotatable bonds is 11. The first-order valence-corrected chi connectivity index (χ1v) is 15.3. The molecule has 0 saturated carbocycles. The number of esters is 1. The number of carbonyl (C=O) groups excluding carboxylic acids is 3. The minimum Gasteiger partial charge on any atom is -0.467 e. The maximum Gasteiger partial charge on any atom is 0.410 e. The highest BCUT2D eigenvalue weighted by Crippen LogP contribution is 2.33. The Hall–Kier alpha value is -3.66. The number of anilines is 1. The number of hydrogen-bond donors (Lipinski definition) is 1. The fourth-order valence-electron chi connectivity index (χ4n) is 5.58. The van der Waals surface area contributed by atoms with Gasteiger partial charge < -0.3 is 19.7 Å². The molecule has 1 saturated heterocycles. The molecule has 10 heteroatoms. The number of allylic oxidation sites excluding steroid dienone is 1. The first-order valence-electron chi connectivity index (χ1n) is 14.4. The van der Waals surface area contributed by atoms with Crippen molar-refractivity contribution in [1.82, 2.24) is 14.8 Å². The second-order valence-electron chi connectivity index (χ2n) is 11.7. The molecule has 2 aliphatic heterocycles. The molecule has 1 N–H and O–H groups in total. The number of amides is 2. The first kappa shape index (κ1) is 31.3. The molecule has 2 aromatic rings. The Morgan fingerprint density at radius 1 is 1.26 bits per heavy atom. The van der Waals surface area contributed by atoms with Gasteiger partial charge in [-0.25, -0.2) is 14.6 Å². The van der Waals surface area contributed by atoms with Gasteiger partial charge in [-0.3, -0.25) is 9.69 Å². The summed E-state index contributed by atoms with van der Waals surface area (Å²) in [6, 6.07) is 4.44. The summed E-state index contributed by atoms with van der Waals surface area (Å²) in [6.07, 6.45) is 4.23. The average molecular weight is 595 g/mol. The number of aromatic nitrogens is 1. The summed E-state index contributed by atoms with van der Waals surface area (Å²) >= 11 is 1.45. The van der Waals surface area contributed by atoms with Crippen LogP contribution < -0.4 is 5.32 Å². The number of methoxy groups -OCH3 is 1. The van der Waals surface area contributed by atoms with Crippen LogP contribution in [0.5, 0.6) is 0 Å². The van der Waals surface area contributed by atoms with Gasteiger partial charge in [0.2, 0.25) is 5.91 Å². The van der Waals surface area contributed by atoms with E-state index in [1.165, 1.54) is 23.3 Å². The number of likely N-dealkylation sites (tertiary alicyclic amines) is 1. The van der Waals surface area contributed by atoms with Crippen LogP contribution in [-0.2, 0) is 37.6 Å². The van der Waals surface area contributed by atoms with Crippen molar-refractivity contribution in [3.63, 3.8) is 0 Å². The Balaban J connectivity index is 1.49. The van der Waals surface area contributed by atoms with E-state index in [0.717, 1.165) is 35.2 Å². The molecule has 9 nitrogen and oxygen atoms in total. The van der Waals surface area contributed by atoms with E-state index in [-0.39, 0.29) is 30.2 Å². The van der Waals surface area contributed by atoms with Crippen LogP contribution in [0.25, 0.3) is 6.08 Å². The van der Waals surface area contributed by atoms with Crippen LogP contribution >= 0.6 is 11.3 Å². The number of benzene rings is 1. The Morgan fingerprint density at radius 3 is 2.69 bits per heavy atom. The normalized spacial score (nSPS) is 19.5. The number of nitrogens with one attached hydrogen (secondary N) is 1. The third kappa shape index (κ3) is 6.53. The highest BCUT2D eigenvalue weighted by atomic mass is 32.1. The molecule has 2 amide bonds. The van der Waals surface area contributed by atoms with Crippen molar-refractivity contribution in [2.75, 3.05) is 19.0 Å². The molecule has 42 heavy (non-hydrogen) atoms. The van der Waals surface area contributed by atoms with Gasteiger partial charge in [0.1, 0.15) is 18.2 Å². The minimum absolute atomic E-state index is 0.0481. The van der Waals surface area contributed by atoms with Crippen molar-refractivity contribution in [3.05, 3.63) is 65.2 Å². The molecular formula is C32H42N4O5S. The van der Waals surface area contributed by atoms with Gasteiger partial charge in [-0.2, -0.15) is 0 Å². The van der Waals surface area contributed by atoms with E-state index >= 15 is 0 Å². The molecule has 1 aromatic heterocycles. The van der Waals surface area contributed by atoms with Gasteiger partial charge >= 0.3 is 12.1 Å². The Morgan fingerprint density at radius 2 is 2.02 bits per heavy atom. The van der Waals surface area contributed by atoms with Crippen LogP contribution in [0, 0.1) is 5.92 Å². The number of nitrogens with zero attached hydrogens (tertiary/aromatic N) is 3. The standard InChI is InChI=1S/C32H42N4O5S/c1-8-14-32(5,6)26-19-42-30(33-26)34-27(20(4)9-2)28(37)36-17-23(15-25(36)29(38)40-7)41-31(39)35-16-22-13-11-12-21(10-3)24(22)18-35/h8,10-13,19-20,23,25,27H,1,3,9,14-18H2,2,4-7H3,(H,33,34)/t20-,23+,25-,27-/m0/s1. The summed E-state index contributed by atoms with van der Waals surface area (Å²) in [5.41, 5.74) is 3.85. The average Bonchev–Trinajstić information content (AvgIpc) is 3.73. The summed E-state index contributed by atoms with van der Waals surface area (Å²) < 4.78 is 10.9. The van der Waals surface area contributed by atoms with E-state index in [1.54, 1.807) is 11.0 Å². The van der Waals surface area contributed by atoms with E-state index in [9.17, 15) is 14.4 Å². The van der Waals surface area contributed by atoms with Gasteiger partial charge in [-0.1, -0.05) is 71.0 Å². The maximum atomic E-state index is 14.1. The Kier molecular flexibility index (Phi) is 9.76. The van der Waals surface area contributed by atoms with Gasteiger partial charge in [0.05, 0.1) is 25.9 Å². The molecular weight excluding hydrogens is 552 g/mol. The number of thiazole rings is 1. The minimum atomic E-state index is -0.852. The molecule has 1 aromatic carbocycles. The summed E-state index contributed by atoms with van der Waals surface area (Å²) in [6.45, 7) is 16.9. The zero-order valence-electron chi connectivity index (χ0n) is 25.2. The van der Waals surface area contributed by atoms with Crippen molar-refractivity contribution in [2.24, 2.45) is 5.92 Å². The predicted molar refractivity (Wildman–Crippen MR) is 165 cm³/mol. The highest BCUT2D eigenvalue weighted by molar-refractivity contribution is 7.13. The third-order valence-corrected chi connectivity index (χ3v) is 9.17. The highest BCUT2D eigenvalue weighted by Gasteiger charge is 2.45. The van der Waals surface area contributed by atoms with Crippen molar-refractivity contribution >= 4 is 40.5 Å². The van der Waals surface area contributed by atoms with Crippen molar-refractivity contribution < 1.29 is 23.9 Å². The lowest BCUT2D eigenvalue weighted by atomic mass is 9.86. The molecule has 1 fully saturated rings. The molecule has 0 radical (unpaired) electrons. The van der Waals surface area contributed by atoms with E-state index < -0.39 is 30.3 Å². The number of fused-ring (bicyclic) bond motifs is 1. The van der Waals surface area contributed by atoms with Gasteiger partial charge in [-0.05, 0) is 29.0 Å². The first-order chi connectivity index (χ1) is 20.0. The lowest BCUT2D eigenvalue weighted by Crippen LogP contribution is -2.50. The molecule has 0 aliphatic carbocycles. The van der Waals surface area contributed by atoms with Crippen LogP contribution in [0.2, 0.25) is 0 Å². The van der Waals surface area contributed by atoms with E-state index in [1.807, 2.05) is 43.5 Å². The van der Waals surface area contributed by atoms with E-state index in [2.05, 4.69) is 32.3 Å². The molecule has 3 heterocycles. The molecule has 2 aliphatic rings. The zero-order chi connectivity index (χ0) is 30.6. The lowest BCUT2D eigenvalue weighted by molar-refractivity contribution is -0.151.